The molecule has 1 heterocycles. The minimum atomic E-state index is -0.000180. The van der Waals surface area contributed by atoms with Gasteiger partial charge in [-0.3, -0.25) is 4.99 Å². The molecule has 1 aliphatic carbocycles. The Morgan fingerprint density at radius 2 is 1.91 bits per heavy atom. The van der Waals surface area contributed by atoms with Gasteiger partial charge >= 0.3 is 0 Å². The van der Waals surface area contributed by atoms with Crippen molar-refractivity contribution in [1.29, 1.82) is 0 Å². The molecule has 2 N–H and O–H groups in total. The third kappa shape index (κ3) is 5.16. The van der Waals surface area contributed by atoms with Crippen molar-refractivity contribution in [2.75, 3.05) is 20.2 Å². The van der Waals surface area contributed by atoms with Gasteiger partial charge < -0.3 is 20.1 Å². The SMILES string of the molecule is CN=C(NCC1COc2ccccc2O1)NC1CCCCC1.I. The maximum atomic E-state index is 5.95. The number of nitrogens with one attached hydrogen (secondary N) is 2. The Morgan fingerprint density at radius 1 is 1.17 bits per heavy atom. The van der Waals surface area contributed by atoms with Crippen LogP contribution >= 0.6 is 24.0 Å². The number of halogens is 1. The summed E-state index contributed by atoms with van der Waals surface area (Å²) in [4.78, 5) is 4.31. The Kier molecular flexibility index (Phi) is 7.26. The number of aliphatic imine (C=N–C) groups is 1. The molecule has 1 aromatic rings. The van der Waals surface area contributed by atoms with E-state index in [1.165, 1.54) is 32.1 Å². The zero-order valence-corrected chi connectivity index (χ0v) is 15.9. The van der Waals surface area contributed by atoms with Crippen LogP contribution in [0.1, 0.15) is 32.1 Å². The van der Waals surface area contributed by atoms with Crippen LogP contribution in [0.3, 0.4) is 0 Å². The zero-order chi connectivity index (χ0) is 15.2. The predicted molar refractivity (Wildman–Crippen MR) is 103 cm³/mol. The van der Waals surface area contributed by atoms with Crippen LogP contribution in [0, 0.1) is 0 Å². The van der Waals surface area contributed by atoms with Crippen LogP contribution in [-0.2, 0) is 0 Å². The first-order valence-electron chi connectivity index (χ1n) is 8.21. The highest BCUT2D eigenvalue weighted by atomic mass is 127. The lowest BCUT2D eigenvalue weighted by Gasteiger charge is -2.28. The maximum absolute atomic E-state index is 5.95. The highest BCUT2D eigenvalue weighted by molar-refractivity contribution is 14.0. The fourth-order valence-electron chi connectivity index (χ4n) is 3.01. The molecule has 0 amide bonds. The zero-order valence-electron chi connectivity index (χ0n) is 13.6. The largest absolute Gasteiger partial charge is 0.486 e. The van der Waals surface area contributed by atoms with Crippen molar-refractivity contribution in [3.05, 3.63) is 24.3 Å². The van der Waals surface area contributed by atoms with Crippen molar-refractivity contribution in [3.63, 3.8) is 0 Å². The summed E-state index contributed by atoms with van der Waals surface area (Å²) >= 11 is 0. The number of hydrogen-bond donors (Lipinski definition) is 2. The molecule has 2 aliphatic rings. The van der Waals surface area contributed by atoms with Crippen LogP contribution in [-0.4, -0.2) is 38.3 Å². The molecule has 1 saturated carbocycles. The van der Waals surface area contributed by atoms with E-state index in [-0.39, 0.29) is 30.1 Å². The van der Waals surface area contributed by atoms with Gasteiger partial charge in [-0.2, -0.15) is 0 Å². The van der Waals surface area contributed by atoms with Gasteiger partial charge in [0.15, 0.2) is 17.5 Å². The highest BCUT2D eigenvalue weighted by Gasteiger charge is 2.21. The van der Waals surface area contributed by atoms with Crippen LogP contribution in [0.4, 0.5) is 0 Å². The fraction of sp³-hybridized carbons (Fsp3) is 0.588. The molecular weight excluding hydrogens is 405 g/mol. The van der Waals surface area contributed by atoms with E-state index in [0.717, 1.165) is 17.5 Å². The van der Waals surface area contributed by atoms with Gasteiger partial charge in [0.2, 0.25) is 0 Å². The Balaban J connectivity index is 0.00000192. The molecule has 23 heavy (non-hydrogen) atoms. The van der Waals surface area contributed by atoms with Crippen LogP contribution in [0.5, 0.6) is 11.5 Å². The first-order valence-corrected chi connectivity index (χ1v) is 8.21. The number of fused-ring (bicyclic) bond motifs is 1. The van der Waals surface area contributed by atoms with Gasteiger partial charge in [0, 0.05) is 13.1 Å². The molecule has 0 aromatic heterocycles. The molecule has 6 heteroatoms. The summed E-state index contributed by atoms with van der Waals surface area (Å²) in [5.74, 6) is 2.49. The van der Waals surface area contributed by atoms with Gasteiger partial charge in [-0.1, -0.05) is 31.4 Å². The van der Waals surface area contributed by atoms with Gasteiger partial charge in [-0.15, -0.1) is 24.0 Å². The van der Waals surface area contributed by atoms with Crippen LogP contribution in [0.15, 0.2) is 29.3 Å². The number of benzene rings is 1. The molecule has 0 bridgehead atoms. The lowest BCUT2D eigenvalue weighted by Crippen LogP contribution is -2.48. The molecule has 1 fully saturated rings. The van der Waals surface area contributed by atoms with Crippen molar-refractivity contribution in [1.82, 2.24) is 10.6 Å². The van der Waals surface area contributed by atoms with E-state index in [1.807, 2.05) is 31.3 Å². The highest BCUT2D eigenvalue weighted by Crippen LogP contribution is 2.30. The maximum Gasteiger partial charge on any atom is 0.191 e. The minimum Gasteiger partial charge on any atom is -0.486 e. The second-order valence-corrected chi connectivity index (χ2v) is 5.93. The first kappa shape index (κ1) is 18.2. The number of ether oxygens (including phenoxy) is 2. The third-order valence-electron chi connectivity index (χ3n) is 4.23. The summed E-state index contributed by atoms with van der Waals surface area (Å²) < 4.78 is 11.7. The number of hydrogen-bond acceptors (Lipinski definition) is 3. The van der Waals surface area contributed by atoms with Crippen LogP contribution in [0.25, 0.3) is 0 Å². The standard InChI is InChI=1S/C17H25N3O2.HI/c1-18-17(20-13-7-3-2-4-8-13)19-11-14-12-21-15-9-5-6-10-16(15)22-14;/h5-6,9-10,13-14H,2-4,7-8,11-12H2,1H3,(H2,18,19,20);1H. The third-order valence-corrected chi connectivity index (χ3v) is 4.23. The Labute approximate surface area is 155 Å². The van der Waals surface area contributed by atoms with E-state index in [0.29, 0.717) is 19.2 Å². The predicted octanol–water partition coefficient (Wildman–Crippen LogP) is 2.94. The molecule has 1 atom stereocenters. The van der Waals surface area contributed by atoms with E-state index in [4.69, 9.17) is 9.47 Å². The number of guanidine groups is 1. The summed E-state index contributed by atoms with van der Waals surface area (Å²) in [5, 5.41) is 6.86. The Hall–Kier alpha value is -1.18. The van der Waals surface area contributed by atoms with Gasteiger partial charge in [0.1, 0.15) is 12.7 Å². The quantitative estimate of drug-likeness (QED) is 0.439. The van der Waals surface area contributed by atoms with E-state index in [2.05, 4.69) is 15.6 Å². The van der Waals surface area contributed by atoms with Gasteiger partial charge in [0.05, 0.1) is 6.54 Å². The first-order chi connectivity index (χ1) is 10.8. The fourth-order valence-corrected chi connectivity index (χ4v) is 3.01. The van der Waals surface area contributed by atoms with Gasteiger partial charge in [-0.25, -0.2) is 0 Å². The molecule has 128 valence electrons. The Bertz CT molecular complexity index is 518. The van der Waals surface area contributed by atoms with Crippen molar-refractivity contribution in [3.8, 4) is 11.5 Å². The average molecular weight is 431 g/mol. The smallest absolute Gasteiger partial charge is 0.191 e. The lowest BCUT2D eigenvalue weighted by molar-refractivity contribution is 0.0935. The topological polar surface area (TPSA) is 54.9 Å². The molecule has 5 nitrogen and oxygen atoms in total. The number of nitrogens with zero attached hydrogens (tertiary/aromatic N) is 1. The Morgan fingerprint density at radius 3 is 2.65 bits per heavy atom. The van der Waals surface area contributed by atoms with E-state index in [9.17, 15) is 0 Å². The molecule has 0 radical (unpaired) electrons. The van der Waals surface area contributed by atoms with E-state index in [1.54, 1.807) is 0 Å². The second-order valence-electron chi connectivity index (χ2n) is 5.93. The summed E-state index contributed by atoms with van der Waals surface area (Å²) in [6.07, 6.45) is 6.45. The van der Waals surface area contributed by atoms with E-state index < -0.39 is 0 Å². The monoisotopic (exact) mass is 431 g/mol. The number of para-hydroxylation sites is 2. The summed E-state index contributed by atoms with van der Waals surface area (Å²) in [7, 11) is 1.81. The summed E-state index contributed by atoms with van der Waals surface area (Å²) in [6.45, 7) is 1.24. The molecule has 1 aromatic carbocycles. The van der Waals surface area contributed by atoms with Crippen LogP contribution in [0.2, 0.25) is 0 Å². The lowest BCUT2D eigenvalue weighted by atomic mass is 9.96. The van der Waals surface area contributed by atoms with Crippen molar-refractivity contribution in [2.45, 2.75) is 44.2 Å². The van der Waals surface area contributed by atoms with Crippen molar-refractivity contribution >= 4 is 29.9 Å². The molecule has 1 unspecified atom stereocenters. The van der Waals surface area contributed by atoms with Crippen molar-refractivity contribution < 1.29 is 9.47 Å². The minimum absolute atomic E-state index is 0. The van der Waals surface area contributed by atoms with E-state index >= 15 is 0 Å². The normalized spacial score (nSPS) is 21.3. The average Bonchev–Trinajstić information content (AvgIpc) is 2.59. The molecule has 0 saturated heterocycles. The molecule has 0 spiro atoms. The van der Waals surface area contributed by atoms with Crippen LogP contribution < -0.4 is 20.1 Å². The molecule has 3 rings (SSSR count). The second kappa shape index (κ2) is 9.20. The molecule has 1 aliphatic heterocycles. The summed E-state index contributed by atoms with van der Waals surface area (Å²) in [6, 6.07) is 8.33. The summed E-state index contributed by atoms with van der Waals surface area (Å²) in [5.41, 5.74) is 0. The van der Waals surface area contributed by atoms with Gasteiger partial charge in [0.25, 0.3) is 0 Å². The van der Waals surface area contributed by atoms with Gasteiger partial charge in [-0.05, 0) is 25.0 Å². The van der Waals surface area contributed by atoms with Crippen molar-refractivity contribution in [2.24, 2.45) is 4.99 Å². The molecular formula is C17H26IN3O2. The number of rotatable bonds is 3.